The zero-order chi connectivity index (χ0) is 20.3. The van der Waals surface area contributed by atoms with Crippen LogP contribution in [0.5, 0.6) is 0 Å². The Kier molecular flexibility index (Phi) is 6.07. The molecule has 144 valence electrons. The highest BCUT2D eigenvalue weighted by atomic mass is 35.5. The Hall–Kier alpha value is -2.76. The molecule has 28 heavy (non-hydrogen) atoms. The molecule has 0 aliphatic heterocycles. The van der Waals surface area contributed by atoms with E-state index in [-0.39, 0.29) is 5.91 Å². The summed E-state index contributed by atoms with van der Waals surface area (Å²) in [5.74, 6) is 1.28. The molecular weight excluding hydrogens is 398 g/mol. The normalized spacial score (nSPS) is 11.8. The number of halogens is 1. The number of hydrogen-bond acceptors (Lipinski definition) is 6. The summed E-state index contributed by atoms with van der Waals surface area (Å²) in [5.41, 5.74) is 1.78. The summed E-state index contributed by atoms with van der Waals surface area (Å²) in [4.78, 5) is 12.6. The minimum atomic E-state index is -0.415. The number of nitrogens with zero attached hydrogens (tertiary/aromatic N) is 4. The molecule has 0 saturated carbocycles. The van der Waals surface area contributed by atoms with Gasteiger partial charge in [-0.05, 0) is 45.0 Å². The minimum Gasteiger partial charge on any atom is -0.469 e. The molecule has 9 heteroatoms. The highest BCUT2D eigenvalue weighted by Gasteiger charge is 2.21. The second kappa shape index (κ2) is 8.50. The van der Waals surface area contributed by atoms with Crippen molar-refractivity contribution in [3.8, 4) is 17.5 Å². The second-order valence-electron chi connectivity index (χ2n) is 6.00. The number of thioether (sulfide) groups is 1. The van der Waals surface area contributed by atoms with E-state index >= 15 is 0 Å². The zero-order valence-corrected chi connectivity index (χ0v) is 17.1. The lowest BCUT2D eigenvalue weighted by molar-refractivity contribution is -0.115. The summed E-state index contributed by atoms with van der Waals surface area (Å²) < 4.78 is 7.31. The first kappa shape index (κ1) is 20.0. The third-order valence-corrected chi connectivity index (χ3v) is 5.53. The molecule has 1 amide bonds. The Labute approximate surface area is 171 Å². The number of nitrogens with one attached hydrogen (secondary N) is 1. The van der Waals surface area contributed by atoms with E-state index in [2.05, 4.69) is 15.5 Å². The number of aromatic nitrogens is 3. The van der Waals surface area contributed by atoms with Gasteiger partial charge in [0.1, 0.15) is 11.8 Å². The smallest absolute Gasteiger partial charge is 0.237 e. The van der Waals surface area contributed by atoms with Crippen LogP contribution in [-0.4, -0.2) is 25.9 Å². The summed E-state index contributed by atoms with van der Waals surface area (Å²) in [5, 5.41) is 20.8. The fourth-order valence-corrected chi connectivity index (χ4v) is 3.75. The Morgan fingerprint density at radius 1 is 1.43 bits per heavy atom. The van der Waals surface area contributed by atoms with Gasteiger partial charge in [0.2, 0.25) is 5.91 Å². The van der Waals surface area contributed by atoms with Crippen molar-refractivity contribution in [3.05, 3.63) is 46.9 Å². The predicted molar refractivity (Wildman–Crippen MR) is 108 cm³/mol. The summed E-state index contributed by atoms with van der Waals surface area (Å²) in [6, 6.07) is 8.62. The highest BCUT2D eigenvalue weighted by Crippen LogP contribution is 2.29. The predicted octanol–water partition coefficient (Wildman–Crippen LogP) is 4.51. The Morgan fingerprint density at radius 2 is 2.21 bits per heavy atom. The van der Waals surface area contributed by atoms with Gasteiger partial charge in [-0.2, -0.15) is 5.26 Å². The molecule has 0 spiro atoms. The van der Waals surface area contributed by atoms with Gasteiger partial charge in [-0.1, -0.05) is 23.4 Å². The first-order valence-corrected chi connectivity index (χ1v) is 9.85. The molecule has 0 aliphatic rings. The number of benzene rings is 1. The average Bonchev–Trinajstić information content (AvgIpc) is 3.27. The van der Waals surface area contributed by atoms with Gasteiger partial charge in [-0.3, -0.25) is 4.79 Å². The van der Waals surface area contributed by atoms with Crippen LogP contribution in [0.4, 0.5) is 5.69 Å². The van der Waals surface area contributed by atoms with E-state index in [0.29, 0.717) is 33.8 Å². The second-order valence-corrected chi connectivity index (χ2v) is 7.71. The van der Waals surface area contributed by atoms with Crippen LogP contribution in [0.15, 0.2) is 40.1 Å². The molecule has 0 bridgehead atoms. The lowest BCUT2D eigenvalue weighted by Crippen LogP contribution is -2.23. The third-order valence-electron chi connectivity index (χ3n) is 4.14. The van der Waals surface area contributed by atoms with Gasteiger partial charge < -0.3 is 14.3 Å². The number of hydrogen-bond donors (Lipinski definition) is 1. The minimum absolute atomic E-state index is 0.197. The van der Waals surface area contributed by atoms with Crippen LogP contribution in [-0.2, 0) is 11.3 Å². The number of aryl methyl sites for hydroxylation is 1. The highest BCUT2D eigenvalue weighted by molar-refractivity contribution is 8.00. The van der Waals surface area contributed by atoms with E-state index in [4.69, 9.17) is 21.3 Å². The lowest BCUT2D eigenvalue weighted by atomic mass is 10.2. The van der Waals surface area contributed by atoms with Crippen molar-refractivity contribution in [1.29, 1.82) is 5.26 Å². The van der Waals surface area contributed by atoms with Crippen LogP contribution in [0.1, 0.15) is 25.2 Å². The van der Waals surface area contributed by atoms with Crippen molar-refractivity contribution in [2.75, 3.05) is 5.32 Å². The van der Waals surface area contributed by atoms with Crippen LogP contribution in [0, 0.1) is 18.3 Å². The topological polar surface area (TPSA) is 96.7 Å². The quantitative estimate of drug-likeness (QED) is 0.595. The molecule has 1 unspecified atom stereocenters. The lowest BCUT2D eigenvalue weighted by Gasteiger charge is -2.13. The van der Waals surface area contributed by atoms with Crippen LogP contribution >= 0.6 is 23.4 Å². The standard InChI is InChI=1S/C19H18ClN5O2S/c1-4-25-17(15-7-8-27-11(15)2)23-24-19(25)28-12(3)18(26)22-14-6-5-13(10-21)16(20)9-14/h5-9,12H,4H2,1-3H3,(H,22,26). The van der Waals surface area contributed by atoms with E-state index in [9.17, 15) is 4.79 Å². The van der Waals surface area contributed by atoms with Gasteiger partial charge in [-0.25, -0.2) is 0 Å². The molecular formula is C19H18ClN5O2S. The Bertz CT molecular complexity index is 1050. The van der Waals surface area contributed by atoms with Crippen LogP contribution in [0.25, 0.3) is 11.4 Å². The number of carbonyl (C=O) groups excluding carboxylic acids is 1. The van der Waals surface area contributed by atoms with Gasteiger partial charge in [0.15, 0.2) is 11.0 Å². The van der Waals surface area contributed by atoms with Crippen molar-refractivity contribution in [1.82, 2.24) is 14.8 Å². The van der Waals surface area contributed by atoms with Crippen molar-refractivity contribution < 1.29 is 9.21 Å². The third kappa shape index (κ3) is 4.06. The Morgan fingerprint density at radius 3 is 2.82 bits per heavy atom. The average molecular weight is 416 g/mol. The van der Waals surface area contributed by atoms with E-state index in [1.54, 1.807) is 31.4 Å². The summed E-state index contributed by atoms with van der Waals surface area (Å²) >= 11 is 7.34. The molecule has 0 radical (unpaired) electrons. The number of nitriles is 1. The SMILES string of the molecule is CCn1c(SC(C)C(=O)Nc2ccc(C#N)c(Cl)c2)nnc1-c1ccoc1C. The number of anilines is 1. The fraction of sp³-hybridized carbons (Fsp3) is 0.263. The van der Waals surface area contributed by atoms with E-state index < -0.39 is 5.25 Å². The monoisotopic (exact) mass is 415 g/mol. The first-order chi connectivity index (χ1) is 13.4. The van der Waals surface area contributed by atoms with E-state index in [1.807, 2.05) is 30.6 Å². The molecule has 0 fully saturated rings. The fourth-order valence-electron chi connectivity index (χ4n) is 2.62. The number of amides is 1. The van der Waals surface area contributed by atoms with Crippen LogP contribution < -0.4 is 5.32 Å². The molecule has 3 rings (SSSR count). The molecule has 1 aromatic carbocycles. The summed E-state index contributed by atoms with van der Waals surface area (Å²) in [6.07, 6.45) is 1.62. The number of rotatable bonds is 6. The van der Waals surface area contributed by atoms with Gasteiger partial charge in [-0.15, -0.1) is 10.2 Å². The van der Waals surface area contributed by atoms with Crippen LogP contribution in [0.3, 0.4) is 0 Å². The van der Waals surface area contributed by atoms with Crippen molar-refractivity contribution >= 4 is 35.0 Å². The molecule has 2 heterocycles. The largest absolute Gasteiger partial charge is 0.469 e. The summed E-state index contributed by atoms with van der Waals surface area (Å²) in [7, 11) is 0. The van der Waals surface area contributed by atoms with Gasteiger partial charge in [0.25, 0.3) is 0 Å². The maximum absolute atomic E-state index is 12.6. The van der Waals surface area contributed by atoms with Gasteiger partial charge >= 0.3 is 0 Å². The molecule has 0 saturated heterocycles. The van der Waals surface area contributed by atoms with Gasteiger partial charge in [0.05, 0.1) is 27.7 Å². The first-order valence-electron chi connectivity index (χ1n) is 8.59. The molecule has 2 aromatic heterocycles. The zero-order valence-electron chi connectivity index (χ0n) is 15.6. The van der Waals surface area contributed by atoms with Crippen molar-refractivity contribution in [3.63, 3.8) is 0 Å². The number of carbonyl (C=O) groups is 1. The molecule has 0 aliphatic carbocycles. The van der Waals surface area contributed by atoms with Gasteiger partial charge in [0, 0.05) is 12.2 Å². The van der Waals surface area contributed by atoms with E-state index in [0.717, 1.165) is 11.3 Å². The number of furan rings is 1. The molecule has 1 atom stereocenters. The van der Waals surface area contributed by atoms with E-state index in [1.165, 1.54) is 11.8 Å². The van der Waals surface area contributed by atoms with Crippen molar-refractivity contribution in [2.24, 2.45) is 0 Å². The maximum Gasteiger partial charge on any atom is 0.237 e. The van der Waals surface area contributed by atoms with Crippen molar-refractivity contribution in [2.45, 2.75) is 37.7 Å². The molecule has 1 N–H and O–H groups in total. The molecule has 3 aromatic rings. The molecule has 7 nitrogen and oxygen atoms in total. The summed E-state index contributed by atoms with van der Waals surface area (Å²) in [6.45, 7) is 6.32. The van der Waals surface area contributed by atoms with Crippen LogP contribution in [0.2, 0.25) is 5.02 Å². The Balaban J connectivity index is 1.74. The maximum atomic E-state index is 12.6.